The van der Waals surface area contributed by atoms with Crippen molar-refractivity contribution in [3.8, 4) is 22.6 Å². The molecule has 9 nitrogen and oxygen atoms in total. The third kappa shape index (κ3) is 3.60. The average molecular weight is 405 g/mol. The number of aromatic amines is 2. The Balaban J connectivity index is 1.58. The van der Waals surface area contributed by atoms with Crippen LogP contribution in [0.1, 0.15) is 5.69 Å². The molecule has 0 saturated carbocycles. The number of carbonyl (C=O) groups is 2. The predicted octanol–water partition coefficient (Wildman–Crippen LogP) is 1.67. The van der Waals surface area contributed by atoms with E-state index in [4.69, 9.17) is 12.2 Å². The molecule has 144 valence electrons. The quantitative estimate of drug-likeness (QED) is 0.257. The van der Waals surface area contributed by atoms with Gasteiger partial charge in [-0.2, -0.15) is 5.21 Å². The first-order chi connectivity index (χ1) is 14.1. The van der Waals surface area contributed by atoms with Gasteiger partial charge in [0.15, 0.2) is 5.11 Å². The molecule has 10 heteroatoms. The number of thiocarbonyl (C=S) groups is 1. The van der Waals surface area contributed by atoms with Gasteiger partial charge >= 0.3 is 0 Å². The van der Waals surface area contributed by atoms with Crippen molar-refractivity contribution < 1.29 is 9.59 Å². The topological polar surface area (TPSA) is 120 Å². The lowest BCUT2D eigenvalue weighted by atomic mass is 10.1. The van der Waals surface area contributed by atoms with E-state index in [1.54, 1.807) is 12.1 Å². The zero-order chi connectivity index (χ0) is 20.4. The molecule has 0 atom stereocenters. The molecule has 1 aliphatic heterocycles. The van der Waals surface area contributed by atoms with E-state index in [0.717, 1.165) is 16.8 Å². The Morgan fingerprint density at radius 3 is 2.55 bits per heavy atom. The molecule has 1 aromatic carbocycles. The highest BCUT2D eigenvalue weighted by Crippen LogP contribution is 2.23. The van der Waals surface area contributed by atoms with Gasteiger partial charge in [-0.1, -0.05) is 30.3 Å². The predicted molar refractivity (Wildman–Crippen MR) is 110 cm³/mol. The van der Waals surface area contributed by atoms with E-state index in [9.17, 15) is 9.59 Å². The molecule has 0 radical (unpaired) electrons. The monoisotopic (exact) mass is 405 g/mol. The van der Waals surface area contributed by atoms with E-state index in [2.05, 4.69) is 37.5 Å². The molecule has 0 spiro atoms. The third-order valence-electron chi connectivity index (χ3n) is 4.31. The fourth-order valence-electron chi connectivity index (χ4n) is 2.89. The third-order valence-corrected chi connectivity index (χ3v) is 4.63. The summed E-state index contributed by atoms with van der Waals surface area (Å²) < 4.78 is 0. The standard InChI is InChI=1S/C19H15N7O2S/c1-2-9-26-18(28)14(17(27)21-19(26)29)10-13-7-8-15(20-13)11-3-5-12(6-4-11)16-22-24-25-23-16/h2-8,10,20H,1,9H2,(H,21,27,29)(H,22,23,24,25)/b14-10-. The maximum Gasteiger partial charge on any atom is 0.266 e. The lowest BCUT2D eigenvalue weighted by Crippen LogP contribution is -2.53. The second kappa shape index (κ2) is 7.60. The van der Waals surface area contributed by atoms with E-state index < -0.39 is 11.8 Å². The van der Waals surface area contributed by atoms with Gasteiger partial charge in [-0.15, -0.1) is 16.8 Å². The minimum atomic E-state index is -0.527. The fourth-order valence-corrected chi connectivity index (χ4v) is 3.14. The van der Waals surface area contributed by atoms with Gasteiger partial charge in [0.25, 0.3) is 11.8 Å². The summed E-state index contributed by atoms with van der Waals surface area (Å²) in [5, 5.41) is 16.4. The maximum absolute atomic E-state index is 12.6. The van der Waals surface area contributed by atoms with Gasteiger partial charge in [-0.05, 0) is 41.2 Å². The molecule has 0 aliphatic carbocycles. The lowest BCUT2D eigenvalue weighted by Gasteiger charge is -2.27. The Kier molecular flexibility index (Phi) is 4.83. The van der Waals surface area contributed by atoms with Crippen LogP contribution < -0.4 is 5.32 Å². The number of hydrogen-bond acceptors (Lipinski definition) is 6. The van der Waals surface area contributed by atoms with Crippen molar-refractivity contribution >= 4 is 35.2 Å². The van der Waals surface area contributed by atoms with Crippen molar-refractivity contribution in [2.45, 2.75) is 0 Å². The molecule has 4 rings (SSSR count). The minimum absolute atomic E-state index is 0.00121. The van der Waals surface area contributed by atoms with Crippen LogP contribution in [0, 0.1) is 0 Å². The summed E-state index contributed by atoms with van der Waals surface area (Å²) in [5.41, 5.74) is 3.21. The number of nitrogens with zero attached hydrogens (tertiary/aromatic N) is 4. The summed E-state index contributed by atoms with van der Waals surface area (Å²) in [7, 11) is 0. The van der Waals surface area contributed by atoms with Gasteiger partial charge in [-0.3, -0.25) is 19.8 Å². The zero-order valence-corrected chi connectivity index (χ0v) is 15.9. The average Bonchev–Trinajstić information content (AvgIpc) is 3.41. The van der Waals surface area contributed by atoms with Crippen molar-refractivity contribution in [2.24, 2.45) is 0 Å². The van der Waals surface area contributed by atoms with Crippen molar-refractivity contribution in [1.82, 2.24) is 35.8 Å². The van der Waals surface area contributed by atoms with Crippen LogP contribution in [0.3, 0.4) is 0 Å². The number of hydrogen-bond donors (Lipinski definition) is 3. The van der Waals surface area contributed by atoms with Crippen LogP contribution in [0.4, 0.5) is 0 Å². The summed E-state index contributed by atoms with van der Waals surface area (Å²) in [6.45, 7) is 3.83. The minimum Gasteiger partial charge on any atom is -0.355 e. The summed E-state index contributed by atoms with van der Waals surface area (Å²) >= 11 is 5.05. The number of tetrazole rings is 1. The number of benzene rings is 1. The van der Waals surface area contributed by atoms with Crippen LogP contribution >= 0.6 is 12.2 Å². The van der Waals surface area contributed by atoms with Crippen molar-refractivity contribution in [2.75, 3.05) is 6.54 Å². The molecule has 3 aromatic rings. The van der Waals surface area contributed by atoms with E-state index in [1.807, 2.05) is 30.3 Å². The summed E-state index contributed by atoms with van der Waals surface area (Å²) in [6.07, 6.45) is 3.05. The Bertz CT molecular complexity index is 1130. The SMILES string of the molecule is C=CCN1C(=O)/C(=C\c2ccc(-c3ccc(-c4nn[nH]n4)cc3)[nH]2)C(=O)NC1=S. The number of aromatic nitrogens is 5. The van der Waals surface area contributed by atoms with E-state index in [-0.39, 0.29) is 17.2 Å². The Labute approximate surface area is 170 Å². The summed E-state index contributed by atoms with van der Waals surface area (Å²) in [5.74, 6) is -0.475. The first-order valence-corrected chi connectivity index (χ1v) is 9.00. The smallest absolute Gasteiger partial charge is 0.266 e. The van der Waals surface area contributed by atoms with Gasteiger partial charge in [-0.25, -0.2) is 0 Å². The Morgan fingerprint density at radius 2 is 1.86 bits per heavy atom. The summed E-state index contributed by atoms with van der Waals surface area (Å²) in [6, 6.07) is 11.2. The molecule has 0 bridgehead atoms. The molecular formula is C19H15N7O2S. The fraction of sp³-hybridized carbons (Fsp3) is 0.0526. The maximum atomic E-state index is 12.6. The van der Waals surface area contributed by atoms with Crippen molar-refractivity contribution in [3.05, 3.63) is 60.3 Å². The van der Waals surface area contributed by atoms with E-state index >= 15 is 0 Å². The number of carbonyl (C=O) groups excluding carboxylic acids is 2. The first-order valence-electron chi connectivity index (χ1n) is 8.60. The normalized spacial score (nSPS) is 15.7. The second-order valence-corrected chi connectivity index (χ2v) is 6.55. The highest BCUT2D eigenvalue weighted by Gasteiger charge is 2.32. The molecule has 0 unspecified atom stereocenters. The first kappa shape index (κ1) is 18.4. The molecule has 1 aliphatic rings. The van der Waals surface area contributed by atoms with Gasteiger partial charge in [0, 0.05) is 23.5 Å². The molecule has 2 amide bonds. The number of nitrogens with one attached hydrogen (secondary N) is 3. The van der Waals surface area contributed by atoms with Crippen LogP contribution in [0.15, 0.2) is 54.6 Å². The number of rotatable bonds is 5. The molecule has 2 aromatic heterocycles. The molecule has 29 heavy (non-hydrogen) atoms. The zero-order valence-electron chi connectivity index (χ0n) is 15.0. The number of H-pyrrole nitrogens is 2. The van der Waals surface area contributed by atoms with E-state index in [1.165, 1.54) is 11.0 Å². The van der Waals surface area contributed by atoms with Crippen molar-refractivity contribution in [1.29, 1.82) is 0 Å². The number of amides is 2. The van der Waals surface area contributed by atoms with Crippen LogP contribution in [-0.4, -0.2) is 54.0 Å². The largest absolute Gasteiger partial charge is 0.355 e. The van der Waals surface area contributed by atoms with Crippen LogP contribution in [0.5, 0.6) is 0 Å². The molecule has 3 N–H and O–H groups in total. The van der Waals surface area contributed by atoms with Gasteiger partial charge in [0.1, 0.15) is 5.57 Å². The molecule has 1 fully saturated rings. The van der Waals surface area contributed by atoms with Gasteiger partial charge in [0.05, 0.1) is 0 Å². The molecule has 1 saturated heterocycles. The Hall–Kier alpha value is -3.92. The molecular weight excluding hydrogens is 390 g/mol. The lowest BCUT2D eigenvalue weighted by molar-refractivity contribution is -0.128. The Morgan fingerprint density at radius 1 is 1.10 bits per heavy atom. The van der Waals surface area contributed by atoms with Crippen LogP contribution in [-0.2, 0) is 9.59 Å². The summed E-state index contributed by atoms with van der Waals surface area (Å²) in [4.78, 5) is 29.3. The van der Waals surface area contributed by atoms with Gasteiger partial charge < -0.3 is 4.98 Å². The van der Waals surface area contributed by atoms with E-state index in [0.29, 0.717) is 11.5 Å². The van der Waals surface area contributed by atoms with Crippen LogP contribution in [0.25, 0.3) is 28.7 Å². The molecule has 3 heterocycles. The van der Waals surface area contributed by atoms with Gasteiger partial charge in [0.2, 0.25) is 5.82 Å². The van der Waals surface area contributed by atoms with Crippen molar-refractivity contribution in [3.63, 3.8) is 0 Å². The second-order valence-electron chi connectivity index (χ2n) is 6.16. The van der Waals surface area contributed by atoms with Crippen LogP contribution in [0.2, 0.25) is 0 Å². The highest BCUT2D eigenvalue weighted by molar-refractivity contribution is 7.80. The highest BCUT2D eigenvalue weighted by atomic mass is 32.1.